The van der Waals surface area contributed by atoms with E-state index < -0.39 is 42.6 Å². The number of halogens is 2. The van der Waals surface area contributed by atoms with Crippen LogP contribution >= 0.6 is 0 Å². The van der Waals surface area contributed by atoms with Gasteiger partial charge in [-0.3, -0.25) is 9.69 Å². The number of rotatable bonds is 12. The Morgan fingerprint density at radius 3 is 2.50 bits per heavy atom. The summed E-state index contributed by atoms with van der Waals surface area (Å²) < 4.78 is 33.3. The molecule has 2 unspecified atom stereocenters. The van der Waals surface area contributed by atoms with Gasteiger partial charge in [-0.15, -0.1) is 0 Å². The van der Waals surface area contributed by atoms with Gasteiger partial charge in [0.25, 0.3) is 5.92 Å². The maximum atomic E-state index is 13.9. The number of carbonyl (C=O) groups is 2. The first kappa shape index (κ1) is 33.8. The van der Waals surface area contributed by atoms with Gasteiger partial charge in [0.15, 0.2) is 0 Å². The number of benzene rings is 1. The van der Waals surface area contributed by atoms with Crippen molar-refractivity contribution < 1.29 is 33.2 Å². The molecule has 3 rings (SSSR count). The summed E-state index contributed by atoms with van der Waals surface area (Å²) in [6.45, 7) is 7.90. The summed E-state index contributed by atoms with van der Waals surface area (Å²) in [4.78, 5) is 29.7. The highest BCUT2D eigenvalue weighted by Gasteiger charge is 2.46. The predicted molar refractivity (Wildman–Crippen MR) is 155 cm³/mol. The molecular weight excluding hydrogens is 545 g/mol. The van der Waals surface area contributed by atoms with Crippen LogP contribution in [0.1, 0.15) is 70.4 Å². The Bertz CT molecular complexity index is 1100. The average molecular weight is 591 g/mol. The lowest BCUT2D eigenvalue weighted by Crippen LogP contribution is -2.52. The lowest BCUT2D eigenvalue weighted by molar-refractivity contribution is -0.140. The van der Waals surface area contributed by atoms with Crippen molar-refractivity contribution in [3.8, 4) is 6.07 Å². The molecule has 0 radical (unpaired) electrons. The fraction of sp³-hybridized carbons (Fsp3) is 0.700. The number of alkyl carbamates (subject to hydrolysis) is 1. The number of hydrogen-bond acceptors (Lipinski definition) is 7. The number of amides is 2. The van der Waals surface area contributed by atoms with Crippen LogP contribution in [0.15, 0.2) is 24.3 Å². The Balaban J connectivity index is 1.62. The van der Waals surface area contributed by atoms with Gasteiger partial charge in [0, 0.05) is 25.0 Å². The van der Waals surface area contributed by atoms with Gasteiger partial charge in [0.1, 0.15) is 12.5 Å². The minimum Gasteiger partial charge on any atom is -0.447 e. The molecule has 2 heterocycles. The number of likely N-dealkylation sites (tertiary alicyclic amines) is 2. The van der Waals surface area contributed by atoms with Crippen LogP contribution in [-0.2, 0) is 16.0 Å². The van der Waals surface area contributed by atoms with E-state index in [4.69, 9.17) is 4.74 Å². The van der Waals surface area contributed by atoms with Crippen LogP contribution < -0.4 is 5.32 Å². The van der Waals surface area contributed by atoms with Gasteiger partial charge < -0.3 is 25.0 Å². The zero-order chi connectivity index (χ0) is 31.1. The van der Waals surface area contributed by atoms with Crippen molar-refractivity contribution in [2.75, 3.05) is 26.2 Å². The second-order valence-electron chi connectivity index (χ2n) is 12.5. The van der Waals surface area contributed by atoms with Crippen LogP contribution in [0.3, 0.4) is 0 Å². The van der Waals surface area contributed by atoms with E-state index in [9.17, 15) is 33.7 Å². The monoisotopic (exact) mass is 590 g/mol. The summed E-state index contributed by atoms with van der Waals surface area (Å²) in [6, 6.07) is 9.26. The average Bonchev–Trinajstić information content (AvgIpc) is 3.32. The molecule has 2 aliphatic heterocycles. The molecule has 2 amide bonds. The van der Waals surface area contributed by atoms with Gasteiger partial charge in [-0.2, -0.15) is 5.26 Å². The van der Waals surface area contributed by atoms with Gasteiger partial charge in [0.2, 0.25) is 5.91 Å². The molecule has 0 aliphatic carbocycles. The molecule has 42 heavy (non-hydrogen) atoms. The van der Waals surface area contributed by atoms with Crippen molar-refractivity contribution in [2.24, 2.45) is 11.8 Å². The van der Waals surface area contributed by atoms with Gasteiger partial charge in [-0.25, -0.2) is 13.6 Å². The van der Waals surface area contributed by atoms with Crippen LogP contribution in [0, 0.1) is 30.1 Å². The topological polar surface area (TPSA) is 126 Å². The number of nitrogens with zero attached hydrogens (tertiary/aromatic N) is 3. The van der Waals surface area contributed by atoms with E-state index in [1.54, 1.807) is 9.80 Å². The normalized spacial score (nSPS) is 21.2. The molecule has 2 aliphatic rings. The number of ether oxygens (including phenoxy) is 1. The molecular formula is C30H45BF2N4O5. The van der Waals surface area contributed by atoms with E-state index in [0.29, 0.717) is 25.8 Å². The molecule has 0 bridgehead atoms. The van der Waals surface area contributed by atoms with Crippen LogP contribution in [-0.4, -0.2) is 88.7 Å². The Kier molecular flexibility index (Phi) is 11.8. The van der Waals surface area contributed by atoms with Crippen molar-refractivity contribution in [3.05, 3.63) is 35.4 Å². The minimum absolute atomic E-state index is 0.0976. The lowest BCUT2D eigenvalue weighted by Gasteiger charge is -2.41. The fourth-order valence-electron chi connectivity index (χ4n) is 6.10. The van der Waals surface area contributed by atoms with Crippen LogP contribution in [0.4, 0.5) is 13.6 Å². The van der Waals surface area contributed by atoms with E-state index >= 15 is 0 Å². The summed E-state index contributed by atoms with van der Waals surface area (Å²) in [5, 5.41) is 32.2. The highest BCUT2D eigenvalue weighted by molar-refractivity contribution is 6.43. The molecule has 1 aromatic rings. The Morgan fingerprint density at radius 2 is 1.93 bits per heavy atom. The van der Waals surface area contributed by atoms with Gasteiger partial charge in [-0.1, -0.05) is 43.2 Å². The molecule has 4 atom stereocenters. The van der Waals surface area contributed by atoms with Crippen LogP contribution in [0.25, 0.3) is 0 Å². The van der Waals surface area contributed by atoms with Gasteiger partial charge >= 0.3 is 13.2 Å². The quantitative estimate of drug-likeness (QED) is 0.317. The molecule has 0 spiro atoms. The second-order valence-corrected chi connectivity index (χ2v) is 12.5. The highest BCUT2D eigenvalue weighted by atomic mass is 19.3. The van der Waals surface area contributed by atoms with Crippen molar-refractivity contribution in [2.45, 2.75) is 96.1 Å². The summed E-state index contributed by atoms with van der Waals surface area (Å²) in [7, 11) is -1.80. The molecule has 9 nitrogen and oxygen atoms in total. The third-order valence-electron chi connectivity index (χ3n) is 8.74. The van der Waals surface area contributed by atoms with E-state index in [2.05, 4.69) is 11.4 Å². The summed E-state index contributed by atoms with van der Waals surface area (Å²) in [5.41, 5.74) is 1.27. The van der Waals surface area contributed by atoms with E-state index in [-0.39, 0.29) is 44.4 Å². The summed E-state index contributed by atoms with van der Waals surface area (Å²) >= 11 is 0. The largest absolute Gasteiger partial charge is 0.475 e. The Labute approximate surface area is 248 Å². The van der Waals surface area contributed by atoms with Gasteiger partial charge in [-0.05, 0) is 64.4 Å². The molecule has 2 saturated heterocycles. The third kappa shape index (κ3) is 9.13. The SMILES string of the molecule is CCC(CC(C)(C)N1CCC(F)(F)C1)C(C#N)C(=O)N1CCCC[C@@H]1COC(=O)N[C@@H](Cc1ccc(C)cc1)B(O)O. The lowest BCUT2D eigenvalue weighted by atomic mass is 9.76. The zero-order valence-corrected chi connectivity index (χ0v) is 25.2. The standard InChI is InChI=1S/C30H45BF2N4O5/c1-5-23(17-29(3,4)36-15-13-30(32,33)20-36)25(18-34)27(38)37-14-7-6-8-24(37)19-42-28(39)35-26(31(40)41)16-22-11-9-21(2)10-12-22/h9-12,23-26,40-41H,5-8,13-17,19-20H2,1-4H3,(H,35,39)/t23?,24-,25?,26+/m1/s1. The molecule has 232 valence electrons. The van der Waals surface area contributed by atoms with Crippen molar-refractivity contribution >= 4 is 19.1 Å². The number of carbonyl (C=O) groups excluding carboxylic acids is 2. The number of hydrogen-bond donors (Lipinski definition) is 3. The van der Waals surface area contributed by atoms with Crippen molar-refractivity contribution in [1.82, 2.24) is 15.1 Å². The fourth-order valence-corrected chi connectivity index (χ4v) is 6.10. The van der Waals surface area contributed by atoms with Gasteiger partial charge in [0.05, 0.1) is 24.6 Å². The van der Waals surface area contributed by atoms with Crippen LogP contribution in [0.5, 0.6) is 0 Å². The first-order chi connectivity index (χ1) is 19.8. The maximum Gasteiger partial charge on any atom is 0.475 e. The third-order valence-corrected chi connectivity index (χ3v) is 8.74. The van der Waals surface area contributed by atoms with E-state index in [1.165, 1.54) is 0 Å². The predicted octanol–water partition coefficient (Wildman–Crippen LogP) is 3.70. The number of nitriles is 1. The Hall–Kier alpha value is -2.75. The molecule has 1 aromatic carbocycles. The molecule has 3 N–H and O–H groups in total. The van der Waals surface area contributed by atoms with E-state index in [0.717, 1.165) is 24.0 Å². The first-order valence-corrected chi connectivity index (χ1v) is 14.9. The number of nitrogens with one attached hydrogen (secondary N) is 1. The van der Waals surface area contributed by atoms with Crippen molar-refractivity contribution in [1.29, 1.82) is 5.26 Å². The number of aryl methyl sites for hydroxylation is 1. The molecule has 2 fully saturated rings. The van der Waals surface area contributed by atoms with Crippen molar-refractivity contribution in [3.63, 3.8) is 0 Å². The highest BCUT2D eigenvalue weighted by Crippen LogP contribution is 2.37. The first-order valence-electron chi connectivity index (χ1n) is 14.9. The smallest absolute Gasteiger partial charge is 0.447 e. The summed E-state index contributed by atoms with van der Waals surface area (Å²) in [5.74, 6) is -5.32. The molecule has 0 aromatic heterocycles. The van der Waals surface area contributed by atoms with Crippen LogP contribution in [0.2, 0.25) is 0 Å². The Morgan fingerprint density at radius 1 is 1.24 bits per heavy atom. The molecule has 0 saturated carbocycles. The number of alkyl halides is 2. The number of piperidine rings is 1. The maximum absolute atomic E-state index is 13.9. The van der Waals surface area contributed by atoms with E-state index in [1.807, 2.05) is 52.0 Å². The minimum atomic E-state index is -2.73. The second kappa shape index (κ2) is 14.6. The molecule has 12 heteroatoms. The summed E-state index contributed by atoms with van der Waals surface area (Å²) in [6.07, 6.45) is 2.31. The zero-order valence-electron chi connectivity index (χ0n) is 25.2.